The summed E-state index contributed by atoms with van der Waals surface area (Å²) in [5.41, 5.74) is 0. The molecule has 0 aromatic heterocycles. The number of benzene rings is 1. The van der Waals surface area contributed by atoms with Crippen molar-refractivity contribution in [3.8, 4) is 11.5 Å². The second-order valence-corrected chi connectivity index (χ2v) is 6.60. The number of morpholine rings is 1. The summed E-state index contributed by atoms with van der Waals surface area (Å²) >= 11 is 0. The predicted molar refractivity (Wildman–Crippen MR) is 102 cm³/mol. The number of nitrogens with one attached hydrogen (secondary N) is 2. The fraction of sp³-hybridized carbons (Fsp3) is 0.632. The van der Waals surface area contributed by atoms with Crippen molar-refractivity contribution in [2.45, 2.75) is 26.0 Å². The molecule has 7 heteroatoms. The lowest BCUT2D eigenvalue weighted by atomic mass is 10.2. The molecule has 0 bridgehead atoms. The highest BCUT2D eigenvalue weighted by atomic mass is 16.6. The molecule has 0 radical (unpaired) electrons. The highest BCUT2D eigenvalue weighted by Crippen LogP contribution is 2.30. The molecule has 2 atom stereocenters. The van der Waals surface area contributed by atoms with E-state index in [1.807, 2.05) is 24.3 Å². The number of fused-ring (bicyclic) bond motifs is 1. The van der Waals surface area contributed by atoms with Crippen molar-refractivity contribution in [3.63, 3.8) is 0 Å². The zero-order chi connectivity index (χ0) is 18.2. The summed E-state index contributed by atoms with van der Waals surface area (Å²) in [5, 5.41) is 6.67. The molecule has 0 amide bonds. The van der Waals surface area contributed by atoms with E-state index in [9.17, 15) is 0 Å². The van der Waals surface area contributed by atoms with Crippen LogP contribution in [0.1, 0.15) is 13.8 Å². The SMILES string of the molecule is CCNC(=NCC(C)N1CCOCC1)NCC1COc2ccccc2O1. The van der Waals surface area contributed by atoms with Gasteiger partial charge in [0.25, 0.3) is 0 Å². The largest absolute Gasteiger partial charge is 0.486 e. The van der Waals surface area contributed by atoms with Crippen molar-refractivity contribution in [1.82, 2.24) is 15.5 Å². The Balaban J connectivity index is 1.48. The van der Waals surface area contributed by atoms with Gasteiger partial charge in [0.2, 0.25) is 0 Å². The summed E-state index contributed by atoms with van der Waals surface area (Å²) in [7, 11) is 0. The summed E-state index contributed by atoms with van der Waals surface area (Å²) < 4.78 is 17.2. The fourth-order valence-electron chi connectivity index (χ4n) is 3.07. The minimum absolute atomic E-state index is 0.0366. The number of guanidine groups is 1. The van der Waals surface area contributed by atoms with E-state index in [4.69, 9.17) is 19.2 Å². The Hall–Kier alpha value is -1.99. The van der Waals surface area contributed by atoms with Crippen molar-refractivity contribution in [1.29, 1.82) is 0 Å². The molecule has 2 N–H and O–H groups in total. The van der Waals surface area contributed by atoms with Crippen LogP contribution in [0.5, 0.6) is 11.5 Å². The molecule has 3 rings (SSSR count). The van der Waals surface area contributed by atoms with E-state index in [0.29, 0.717) is 19.2 Å². The summed E-state index contributed by atoms with van der Waals surface area (Å²) in [5.74, 6) is 2.42. The maximum atomic E-state index is 5.99. The van der Waals surface area contributed by atoms with Crippen LogP contribution in [0.2, 0.25) is 0 Å². The van der Waals surface area contributed by atoms with Crippen molar-refractivity contribution >= 4 is 5.96 Å². The number of aliphatic imine (C=N–C) groups is 1. The van der Waals surface area contributed by atoms with Crippen LogP contribution in [-0.4, -0.2) is 75.5 Å². The maximum Gasteiger partial charge on any atom is 0.191 e. The molecular formula is C19H30N4O3. The van der Waals surface area contributed by atoms with Gasteiger partial charge in [-0.3, -0.25) is 9.89 Å². The monoisotopic (exact) mass is 362 g/mol. The van der Waals surface area contributed by atoms with E-state index in [-0.39, 0.29) is 6.10 Å². The Kier molecular flexibility index (Phi) is 6.96. The molecule has 0 saturated carbocycles. The van der Waals surface area contributed by atoms with E-state index in [0.717, 1.165) is 56.9 Å². The molecule has 2 aliphatic heterocycles. The molecule has 2 aliphatic rings. The van der Waals surface area contributed by atoms with Crippen LogP contribution in [0.3, 0.4) is 0 Å². The van der Waals surface area contributed by atoms with Gasteiger partial charge in [-0.15, -0.1) is 0 Å². The van der Waals surface area contributed by atoms with Crippen molar-refractivity contribution in [2.75, 3.05) is 52.5 Å². The molecule has 144 valence electrons. The molecule has 0 aliphatic carbocycles. The van der Waals surface area contributed by atoms with Gasteiger partial charge in [0.1, 0.15) is 12.7 Å². The average molecular weight is 362 g/mol. The van der Waals surface area contributed by atoms with Crippen LogP contribution in [0.4, 0.5) is 0 Å². The minimum atomic E-state index is -0.0366. The Morgan fingerprint density at radius 2 is 2.00 bits per heavy atom. The second kappa shape index (κ2) is 9.64. The van der Waals surface area contributed by atoms with Crippen molar-refractivity contribution < 1.29 is 14.2 Å². The number of hydrogen-bond acceptors (Lipinski definition) is 5. The normalized spacial score (nSPS) is 21.9. The maximum absolute atomic E-state index is 5.99. The van der Waals surface area contributed by atoms with Gasteiger partial charge in [0.15, 0.2) is 17.5 Å². The first-order valence-corrected chi connectivity index (χ1v) is 9.48. The number of ether oxygens (including phenoxy) is 3. The van der Waals surface area contributed by atoms with Crippen LogP contribution in [0.25, 0.3) is 0 Å². The lowest BCUT2D eigenvalue weighted by Gasteiger charge is -2.31. The molecule has 1 aromatic rings. The lowest BCUT2D eigenvalue weighted by molar-refractivity contribution is 0.0220. The van der Waals surface area contributed by atoms with Crippen LogP contribution in [-0.2, 0) is 4.74 Å². The van der Waals surface area contributed by atoms with Gasteiger partial charge >= 0.3 is 0 Å². The summed E-state index contributed by atoms with van der Waals surface area (Å²) in [6.07, 6.45) is -0.0366. The summed E-state index contributed by atoms with van der Waals surface area (Å²) in [6, 6.07) is 8.17. The van der Waals surface area contributed by atoms with E-state index in [1.54, 1.807) is 0 Å². The fourth-order valence-corrected chi connectivity index (χ4v) is 3.07. The third-order valence-electron chi connectivity index (χ3n) is 4.59. The lowest BCUT2D eigenvalue weighted by Crippen LogP contribution is -2.47. The minimum Gasteiger partial charge on any atom is -0.486 e. The number of hydrogen-bond donors (Lipinski definition) is 2. The number of nitrogens with zero attached hydrogens (tertiary/aromatic N) is 2. The molecule has 0 spiro atoms. The summed E-state index contributed by atoms with van der Waals surface area (Å²) in [6.45, 7) is 10.6. The molecule has 2 unspecified atom stereocenters. The Morgan fingerprint density at radius 1 is 1.23 bits per heavy atom. The highest BCUT2D eigenvalue weighted by Gasteiger charge is 2.21. The van der Waals surface area contributed by atoms with Crippen molar-refractivity contribution in [3.05, 3.63) is 24.3 Å². The molecule has 2 heterocycles. The molecule has 1 saturated heterocycles. The van der Waals surface area contributed by atoms with Gasteiger partial charge in [0.05, 0.1) is 26.3 Å². The summed E-state index contributed by atoms with van der Waals surface area (Å²) in [4.78, 5) is 7.16. The third kappa shape index (κ3) is 5.25. The van der Waals surface area contributed by atoms with E-state index in [2.05, 4.69) is 29.4 Å². The Labute approximate surface area is 155 Å². The van der Waals surface area contributed by atoms with Gasteiger partial charge in [-0.05, 0) is 26.0 Å². The zero-order valence-corrected chi connectivity index (χ0v) is 15.7. The number of rotatable bonds is 6. The van der Waals surface area contributed by atoms with Crippen molar-refractivity contribution in [2.24, 2.45) is 4.99 Å². The van der Waals surface area contributed by atoms with Gasteiger partial charge in [-0.2, -0.15) is 0 Å². The van der Waals surface area contributed by atoms with Gasteiger partial charge < -0.3 is 24.8 Å². The quantitative estimate of drug-likeness (QED) is 0.584. The van der Waals surface area contributed by atoms with E-state index in [1.165, 1.54) is 0 Å². The predicted octanol–water partition coefficient (Wildman–Crippen LogP) is 1.10. The molecule has 1 fully saturated rings. The first-order chi connectivity index (χ1) is 12.8. The molecule has 1 aromatic carbocycles. The second-order valence-electron chi connectivity index (χ2n) is 6.60. The van der Waals surface area contributed by atoms with Crippen LogP contribution >= 0.6 is 0 Å². The van der Waals surface area contributed by atoms with E-state index < -0.39 is 0 Å². The van der Waals surface area contributed by atoms with E-state index >= 15 is 0 Å². The molecular weight excluding hydrogens is 332 g/mol. The van der Waals surface area contributed by atoms with Crippen LogP contribution in [0, 0.1) is 0 Å². The number of para-hydroxylation sites is 2. The smallest absolute Gasteiger partial charge is 0.191 e. The highest BCUT2D eigenvalue weighted by molar-refractivity contribution is 5.79. The van der Waals surface area contributed by atoms with Crippen LogP contribution in [0.15, 0.2) is 29.3 Å². The first-order valence-electron chi connectivity index (χ1n) is 9.48. The topological polar surface area (TPSA) is 67.4 Å². The van der Waals surface area contributed by atoms with Crippen LogP contribution < -0.4 is 20.1 Å². The Morgan fingerprint density at radius 3 is 2.77 bits per heavy atom. The average Bonchev–Trinajstić information content (AvgIpc) is 2.70. The molecule has 26 heavy (non-hydrogen) atoms. The zero-order valence-electron chi connectivity index (χ0n) is 15.7. The van der Waals surface area contributed by atoms with Gasteiger partial charge in [-0.1, -0.05) is 12.1 Å². The first kappa shape index (κ1) is 18.8. The Bertz CT molecular complexity index is 590. The third-order valence-corrected chi connectivity index (χ3v) is 4.59. The molecule has 7 nitrogen and oxygen atoms in total. The standard InChI is InChI=1S/C19H30N4O3/c1-3-20-19(21-12-15(2)23-8-10-24-11-9-23)22-13-16-14-25-17-6-4-5-7-18(17)26-16/h4-7,15-16H,3,8-14H2,1-2H3,(H2,20,21,22). The van der Waals surface area contributed by atoms with Gasteiger partial charge in [-0.25, -0.2) is 0 Å². The van der Waals surface area contributed by atoms with Gasteiger partial charge in [0, 0.05) is 25.7 Å².